The van der Waals surface area contributed by atoms with E-state index in [4.69, 9.17) is 0 Å². The minimum Gasteiger partial charge on any atom is -0.361 e. The van der Waals surface area contributed by atoms with Crippen LogP contribution >= 0.6 is 0 Å². The molecule has 0 bridgehead atoms. The van der Waals surface area contributed by atoms with Crippen LogP contribution in [-0.2, 0) is 11.2 Å². The summed E-state index contributed by atoms with van der Waals surface area (Å²) >= 11 is 0. The minimum atomic E-state index is -0.291. The lowest BCUT2D eigenvalue weighted by Crippen LogP contribution is -2.14. The molecule has 0 aliphatic rings. The lowest BCUT2D eigenvalue weighted by molar-refractivity contribution is -0.115. The number of hydrogen-bond acceptors (Lipinski definition) is 1. The van der Waals surface area contributed by atoms with Gasteiger partial charge >= 0.3 is 0 Å². The fourth-order valence-corrected chi connectivity index (χ4v) is 2.63. The van der Waals surface area contributed by atoms with Gasteiger partial charge in [-0.3, -0.25) is 4.79 Å². The number of halogens is 1. The molecule has 0 aliphatic carbocycles. The maximum atomic E-state index is 13.2. The van der Waals surface area contributed by atoms with Gasteiger partial charge in [0, 0.05) is 22.8 Å². The summed E-state index contributed by atoms with van der Waals surface area (Å²) in [6.07, 6.45) is 2.00. The fourth-order valence-electron chi connectivity index (χ4n) is 2.63. The van der Waals surface area contributed by atoms with Gasteiger partial charge in [0.1, 0.15) is 5.82 Å². The smallest absolute Gasteiger partial charge is 0.228 e. The predicted octanol–water partition coefficient (Wildman–Crippen LogP) is 4.61. The summed E-state index contributed by atoms with van der Waals surface area (Å²) in [7, 11) is 0. The molecule has 2 aromatic carbocycles. The second-order valence-electron chi connectivity index (χ2n) is 6.01. The number of H-pyrrole nitrogens is 1. The highest BCUT2D eigenvalue weighted by Crippen LogP contribution is 2.21. The van der Waals surface area contributed by atoms with E-state index < -0.39 is 0 Å². The van der Waals surface area contributed by atoms with Gasteiger partial charge in [0.2, 0.25) is 5.91 Å². The summed E-state index contributed by atoms with van der Waals surface area (Å²) in [6.45, 7) is 4.26. The Balaban J connectivity index is 1.71. The van der Waals surface area contributed by atoms with Crippen molar-refractivity contribution < 1.29 is 9.18 Å². The number of carbonyl (C=O) groups is 1. The van der Waals surface area contributed by atoms with E-state index >= 15 is 0 Å². The zero-order valence-corrected chi connectivity index (χ0v) is 13.2. The number of benzene rings is 2. The van der Waals surface area contributed by atoms with Gasteiger partial charge in [-0.15, -0.1) is 0 Å². The first-order valence-corrected chi connectivity index (χ1v) is 7.68. The topological polar surface area (TPSA) is 44.9 Å². The van der Waals surface area contributed by atoms with E-state index in [2.05, 4.69) is 24.1 Å². The molecule has 1 amide bonds. The number of fused-ring (bicyclic) bond motifs is 1. The standard InChI is InChI=1S/C19H19FN2O/c1-12(2)13-3-6-16(7-4-13)22-19(23)9-14-11-21-18-10-15(20)5-8-17(14)18/h3-8,10-12,21H,9H2,1-2H3,(H,22,23). The third-order valence-corrected chi connectivity index (χ3v) is 3.94. The molecule has 0 saturated heterocycles. The van der Waals surface area contributed by atoms with Gasteiger partial charge < -0.3 is 10.3 Å². The molecule has 1 aromatic heterocycles. The van der Waals surface area contributed by atoms with Crippen LogP contribution < -0.4 is 5.32 Å². The number of rotatable bonds is 4. The third-order valence-electron chi connectivity index (χ3n) is 3.94. The van der Waals surface area contributed by atoms with Crippen LogP contribution in [0.4, 0.5) is 10.1 Å². The molecular formula is C19H19FN2O. The van der Waals surface area contributed by atoms with Gasteiger partial charge in [0.05, 0.1) is 6.42 Å². The maximum Gasteiger partial charge on any atom is 0.228 e. The number of aromatic nitrogens is 1. The van der Waals surface area contributed by atoms with Crippen molar-refractivity contribution in [3.63, 3.8) is 0 Å². The molecule has 3 nitrogen and oxygen atoms in total. The maximum absolute atomic E-state index is 13.2. The highest BCUT2D eigenvalue weighted by atomic mass is 19.1. The second kappa shape index (κ2) is 6.24. The Morgan fingerprint density at radius 3 is 2.61 bits per heavy atom. The normalized spacial score (nSPS) is 11.1. The van der Waals surface area contributed by atoms with Crippen molar-refractivity contribution in [2.45, 2.75) is 26.2 Å². The van der Waals surface area contributed by atoms with Crippen LogP contribution in [0.3, 0.4) is 0 Å². The van der Waals surface area contributed by atoms with Crippen LogP contribution in [0.2, 0.25) is 0 Å². The molecular weight excluding hydrogens is 291 g/mol. The molecule has 0 spiro atoms. The van der Waals surface area contributed by atoms with Crippen LogP contribution in [0.1, 0.15) is 30.9 Å². The van der Waals surface area contributed by atoms with E-state index in [0.29, 0.717) is 11.4 Å². The summed E-state index contributed by atoms with van der Waals surface area (Å²) < 4.78 is 13.2. The molecule has 0 aliphatic heterocycles. The Morgan fingerprint density at radius 1 is 1.17 bits per heavy atom. The zero-order valence-electron chi connectivity index (χ0n) is 13.2. The number of amides is 1. The molecule has 0 atom stereocenters. The predicted molar refractivity (Wildman–Crippen MR) is 91.1 cm³/mol. The summed E-state index contributed by atoms with van der Waals surface area (Å²) in [5.74, 6) is 0.0829. The fraction of sp³-hybridized carbons (Fsp3) is 0.211. The molecule has 1 heterocycles. The molecule has 2 N–H and O–H groups in total. The van der Waals surface area contributed by atoms with Crippen LogP contribution in [0.25, 0.3) is 10.9 Å². The van der Waals surface area contributed by atoms with Gasteiger partial charge in [0.15, 0.2) is 0 Å². The lowest BCUT2D eigenvalue weighted by Gasteiger charge is -2.08. The zero-order chi connectivity index (χ0) is 16.4. The van der Waals surface area contributed by atoms with Crippen LogP contribution in [0.5, 0.6) is 0 Å². The highest BCUT2D eigenvalue weighted by Gasteiger charge is 2.10. The van der Waals surface area contributed by atoms with E-state index in [0.717, 1.165) is 16.6 Å². The van der Waals surface area contributed by atoms with E-state index in [9.17, 15) is 9.18 Å². The van der Waals surface area contributed by atoms with E-state index in [1.165, 1.54) is 17.7 Å². The monoisotopic (exact) mass is 310 g/mol. The average molecular weight is 310 g/mol. The molecule has 23 heavy (non-hydrogen) atoms. The van der Waals surface area contributed by atoms with E-state index in [1.54, 1.807) is 12.3 Å². The minimum absolute atomic E-state index is 0.0903. The van der Waals surface area contributed by atoms with Crippen LogP contribution in [0, 0.1) is 5.82 Å². The number of nitrogens with one attached hydrogen (secondary N) is 2. The number of carbonyl (C=O) groups excluding carboxylic acids is 1. The molecule has 3 aromatic rings. The van der Waals surface area contributed by atoms with Crippen molar-refractivity contribution >= 4 is 22.5 Å². The summed E-state index contributed by atoms with van der Waals surface area (Å²) in [5.41, 5.74) is 3.58. The van der Waals surface area contributed by atoms with Crippen molar-refractivity contribution in [1.82, 2.24) is 4.98 Å². The molecule has 0 saturated carbocycles. The van der Waals surface area contributed by atoms with Gasteiger partial charge in [-0.2, -0.15) is 0 Å². The summed E-state index contributed by atoms with van der Waals surface area (Å²) in [4.78, 5) is 15.2. The van der Waals surface area contributed by atoms with Crippen molar-refractivity contribution in [1.29, 1.82) is 0 Å². The molecule has 118 valence electrons. The van der Waals surface area contributed by atoms with Crippen LogP contribution in [-0.4, -0.2) is 10.9 Å². The largest absolute Gasteiger partial charge is 0.361 e. The number of anilines is 1. The Hall–Kier alpha value is -2.62. The van der Waals surface area contributed by atoms with Gasteiger partial charge in [-0.05, 0) is 47.4 Å². The van der Waals surface area contributed by atoms with Crippen LogP contribution in [0.15, 0.2) is 48.7 Å². The quantitative estimate of drug-likeness (QED) is 0.726. The third kappa shape index (κ3) is 3.42. The van der Waals surface area contributed by atoms with Crippen molar-refractivity contribution in [3.05, 3.63) is 65.6 Å². The molecule has 3 rings (SSSR count). The van der Waals surface area contributed by atoms with Gasteiger partial charge in [-0.25, -0.2) is 4.39 Å². The first kappa shape index (κ1) is 15.3. The Bertz CT molecular complexity index is 834. The van der Waals surface area contributed by atoms with E-state index in [-0.39, 0.29) is 18.1 Å². The molecule has 0 radical (unpaired) electrons. The number of aromatic amines is 1. The van der Waals surface area contributed by atoms with Gasteiger partial charge in [-0.1, -0.05) is 26.0 Å². The first-order valence-electron chi connectivity index (χ1n) is 7.68. The van der Waals surface area contributed by atoms with E-state index in [1.807, 2.05) is 24.3 Å². The van der Waals surface area contributed by atoms with Crippen molar-refractivity contribution in [3.8, 4) is 0 Å². The van der Waals surface area contributed by atoms with Crippen molar-refractivity contribution in [2.75, 3.05) is 5.32 Å². The lowest BCUT2D eigenvalue weighted by atomic mass is 10.0. The number of hydrogen-bond donors (Lipinski definition) is 2. The summed E-state index contributed by atoms with van der Waals surface area (Å²) in [6, 6.07) is 12.4. The average Bonchev–Trinajstić information content (AvgIpc) is 2.89. The SMILES string of the molecule is CC(C)c1ccc(NC(=O)Cc2c[nH]c3cc(F)ccc23)cc1. The molecule has 0 fully saturated rings. The van der Waals surface area contributed by atoms with Gasteiger partial charge in [0.25, 0.3) is 0 Å². The summed E-state index contributed by atoms with van der Waals surface area (Å²) in [5, 5.41) is 3.77. The molecule has 4 heteroatoms. The Labute approximate surface area is 134 Å². The molecule has 0 unspecified atom stereocenters. The highest BCUT2D eigenvalue weighted by molar-refractivity contribution is 5.95. The van der Waals surface area contributed by atoms with Crippen molar-refractivity contribution in [2.24, 2.45) is 0 Å². The second-order valence-corrected chi connectivity index (χ2v) is 6.01. The first-order chi connectivity index (χ1) is 11.0. The Kier molecular flexibility index (Phi) is 4.15. The Morgan fingerprint density at radius 2 is 1.91 bits per heavy atom.